The van der Waals surface area contributed by atoms with Crippen molar-refractivity contribution in [3.63, 3.8) is 0 Å². The van der Waals surface area contributed by atoms with Crippen LogP contribution in [0.25, 0.3) is 0 Å². The summed E-state index contributed by atoms with van der Waals surface area (Å²) in [5, 5.41) is 2.94. The average Bonchev–Trinajstić information content (AvgIpc) is 3.34. The number of nitrogens with zero attached hydrogens (tertiary/aromatic N) is 5. The number of ether oxygens (including phenoxy) is 2. The first-order valence-corrected chi connectivity index (χ1v) is 10.3. The molecular formula is C21H28N6O3. The van der Waals surface area contributed by atoms with Crippen LogP contribution in [-0.4, -0.2) is 74.4 Å². The summed E-state index contributed by atoms with van der Waals surface area (Å²) in [6.45, 7) is 4.73. The summed E-state index contributed by atoms with van der Waals surface area (Å²) < 4.78 is 10.6. The Balaban J connectivity index is 1.35. The molecule has 2 amide bonds. The largest absolute Gasteiger partial charge is 0.497 e. The molecule has 0 bridgehead atoms. The monoisotopic (exact) mass is 412 g/mol. The highest BCUT2D eigenvalue weighted by Crippen LogP contribution is 2.29. The van der Waals surface area contributed by atoms with Crippen molar-refractivity contribution in [2.45, 2.75) is 12.8 Å². The molecule has 2 aromatic rings. The highest BCUT2D eigenvalue weighted by Gasteiger charge is 2.24. The van der Waals surface area contributed by atoms with Gasteiger partial charge in [0.2, 0.25) is 5.95 Å². The summed E-state index contributed by atoms with van der Waals surface area (Å²) >= 11 is 0. The van der Waals surface area contributed by atoms with Crippen molar-refractivity contribution in [1.29, 1.82) is 0 Å². The summed E-state index contributed by atoms with van der Waals surface area (Å²) in [6, 6.07) is 7.13. The smallest absolute Gasteiger partial charge is 0.322 e. The zero-order valence-electron chi connectivity index (χ0n) is 17.5. The molecule has 0 radical (unpaired) electrons. The number of anilines is 3. The lowest BCUT2D eigenvalue weighted by molar-refractivity contribution is 0.208. The van der Waals surface area contributed by atoms with E-state index >= 15 is 0 Å². The van der Waals surface area contributed by atoms with Gasteiger partial charge in [-0.2, -0.15) is 4.98 Å². The molecule has 0 unspecified atom stereocenters. The molecule has 2 aliphatic heterocycles. The van der Waals surface area contributed by atoms with Crippen molar-refractivity contribution < 1.29 is 14.3 Å². The zero-order valence-corrected chi connectivity index (χ0v) is 17.5. The predicted molar refractivity (Wildman–Crippen MR) is 116 cm³/mol. The number of piperazine rings is 1. The van der Waals surface area contributed by atoms with Crippen molar-refractivity contribution >= 4 is 23.5 Å². The minimum absolute atomic E-state index is 0.140. The number of carbonyl (C=O) groups excluding carboxylic acids is 1. The maximum absolute atomic E-state index is 12.7. The Kier molecular flexibility index (Phi) is 6.06. The van der Waals surface area contributed by atoms with Gasteiger partial charge in [0.1, 0.15) is 17.3 Å². The average molecular weight is 412 g/mol. The number of amides is 2. The predicted octanol–water partition coefficient (Wildman–Crippen LogP) is 2.45. The number of benzene rings is 1. The second-order valence-corrected chi connectivity index (χ2v) is 7.38. The Morgan fingerprint density at radius 1 is 0.967 bits per heavy atom. The number of hydrogen-bond acceptors (Lipinski definition) is 7. The highest BCUT2D eigenvalue weighted by atomic mass is 16.5. The number of carbonyl (C=O) groups is 1. The van der Waals surface area contributed by atoms with Gasteiger partial charge in [0.25, 0.3) is 0 Å². The normalized spacial score (nSPS) is 16.5. The van der Waals surface area contributed by atoms with E-state index in [0.717, 1.165) is 37.9 Å². The first-order valence-electron chi connectivity index (χ1n) is 10.3. The molecule has 0 spiro atoms. The SMILES string of the molecule is COc1ccc(NC(=O)N2CCN(c3ccnc(N4CCCC4)n3)CC2)c(OC)c1. The maximum atomic E-state index is 12.7. The van der Waals surface area contributed by atoms with Crippen molar-refractivity contribution in [3.8, 4) is 11.5 Å². The van der Waals surface area contributed by atoms with Crippen LogP contribution in [0.15, 0.2) is 30.5 Å². The van der Waals surface area contributed by atoms with Crippen molar-refractivity contribution in [2.75, 3.05) is 68.6 Å². The summed E-state index contributed by atoms with van der Waals surface area (Å²) in [7, 11) is 3.17. The molecule has 160 valence electrons. The zero-order chi connectivity index (χ0) is 20.9. The molecule has 0 atom stereocenters. The van der Waals surface area contributed by atoms with Crippen LogP contribution < -0.4 is 24.6 Å². The van der Waals surface area contributed by atoms with Gasteiger partial charge >= 0.3 is 6.03 Å². The Labute approximate surface area is 176 Å². The van der Waals surface area contributed by atoms with Gasteiger partial charge in [-0.25, -0.2) is 9.78 Å². The van der Waals surface area contributed by atoms with Crippen LogP contribution in [0.5, 0.6) is 11.5 Å². The summed E-state index contributed by atoms with van der Waals surface area (Å²) in [5.41, 5.74) is 0.622. The third-order valence-electron chi connectivity index (χ3n) is 5.56. The quantitative estimate of drug-likeness (QED) is 0.808. The Bertz CT molecular complexity index is 879. The topological polar surface area (TPSA) is 83.1 Å². The molecule has 9 heteroatoms. The first-order chi connectivity index (χ1) is 14.7. The molecule has 4 rings (SSSR count). The van der Waals surface area contributed by atoms with Crippen molar-refractivity contribution in [2.24, 2.45) is 0 Å². The van der Waals surface area contributed by atoms with Crippen LogP contribution in [0.2, 0.25) is 0 Å². The van der Waals surface area contributed by atoms with Crippen molar-refractivity contribution in [3.05, 3.63) is 30.5 Å². The molecule has 30 heavy (non-hydrogen) atoms. The molecule has 2 fully saturated rings. The number of aromatic nitrogens is 2. The van der Waals surface area contributed by atoms with Crippen LogP contribution in [0, 0.1) is 0 Å². The van der Waals surface area contributed by atoms with E-state index in [0.29, 0.717) is 30.3 Å². The van der Waals surface area contributed by atoms with E-state index in [4.69, 9.17) is 14.5 Å². The Morgan fingerprint density at radius 3 is 2.43 bits per heavy atom. The summed E-state index contributed by atoms with van der Waals surface area (Å²) in [5.74, 6) is 2.97. The number of methoxy groups -OCH3 is 2. The van der Waals surface area contributed by atoms with Gasteiger partial charge in [-0.1, -0.05) is 0 Å². The molecule has 0 saturated carbocycles. The lowest BCUT2D eigenvalue weighted by Gasteiger charge is -2.35. The Morgan fingerprint density at radius 2 is 1.73 bits per heavy atom. The van der Waals surface area contributed by atoms with Crippen LogP contribution in [0.3, 0.4) is 0 Å². The van der Waals surface area contributed by atoms with E-state index in [1.54, 1.807) is 32.4 Å². The van der Waals surface area contributed by atoms with Gasteiger partial charge in [0.05, 0.1) is 19.9 Å². The standard InChI is InChI=1S/C21H28N6O3/c1-29-16-5-6-17(18(15-16)30-2)23-21(28)27-13-11-25(12-14-27)19-7-8-22-20(24-19)26-9-3-4-10-26/h5-8,15H,3-4,9-14H2,1-2H3,(H,23,28). The van der Waals surface area contributed by atoms with E-state index in [2.05, 4.69) is 20.1 Å². The van der Waals surface area contributed by atoms with E-state index in [1.165, 1.54) is 12.8 Å². The number of hydrogen-bond donors (Lipinski definition) is 1. The first kappa shape index (κ1) is 20.1. The lowest BCUT2D eigenvalue weighted by Crippen LogP contribution is -2.50. The van der Waals surface area contributed by atoms with Crippen LogP contribution in [-0.2, 0) is 0 Å². The molecule has 1 aromatic carbocycles. The van der Waals surface area contributed by atoms with Gasteiger partial charge in [0.15, 0.2) is 0 Å². The maximum Gasteiger partial charge on any atom is 0.322 e. The van der Waals surface area contributed by atoms with Gasteiger partial charge in [-0.15, -0.1) is 0 Å². The fraction of sp³-hybridized carbons (Fsp3) is 0.476. The molecule has 1 N–H and O–H groups in total. The molecule has 1 aromatic heterocycles. The van der Waals surface area contributed by atoms with Crippen molar-refractivity contribution in [1.82, 2.24) is 14.9 Å². The summed E-state index contributed by atoms with van der Waals surface area (Å²) in [4.78, 5) is 28.2. The molecule has 3 heterocycles. The Hall–Kier alpha value is -3.23. The van der Waals surface area contributed by atoms with Crippen LogP contribution >= 0.6 is 0 Å². The van der Waals surface area contributed by atoms with Gasteiger partial charge in [0, 0.05) is 51.5 Å². The number of urea groups is 1. The second-order valence-electron chi connectivity index (χ2n) is 7.38. The van der Waals surface area contributed by atoms with E-state index in [9.17, 15) is 4.79 Å². The number of nitrogens with one attached hydrogen (secondary N) is 1. The van der Waals surface area contributed by atoms with Gasteiger partial charge in [-0.05, 0) is 31.0 Å². The minimum atomic E-state index is -0.140. The molecule has 2 aliphatic rings. The lowest BCUT2D eigenvalue weighted by atomic mass is 10.2. The molecule has 2 saturated heterocycles. The molecule has 0 aliphatic carbocycles. The third-order valence-corrected chi connectivity index (χ3v) is 5.56. The second kappa shape index (κ2) is 9.06. The fourth-order valence-electron chi connectivity index (χ4n) is 3.82. The van der Waals surface area contributed by atoms with E-state index in [-0.39, 0.29) is 6.03 Å². The molecule has 9 nitrogen and oxygen atoms in total. The number of rotatable bonds is 5. The van der Waals surface area contributed by atoms with Crippen LogP contribution in [0.1, 0.15) is 12.8 Å². The van der Waals surface area contributed by atoms with Crippen LogP contribution in [0.4, 0.5) is 22.2 Å². The van der Waals surface area contributed by atoms with Gasteiger partial charge < -0.3 is 29.5 Å². The minimum Gasteiger partial charge on any atom is -0.497 e. The van der Waals surface area contributed by atoms with E-state index < -0.39 is 0 Å². The van der Waals surface area contributed by atoms with Gasteiger partial charge in [-0.3, -0.25) is 0 Å². The highest BCUT2D eigenvalue weighted by molar-refractivity contribution is 5.91. The van der Waals surface area contributed by atoms with E-state index in [1.807, 2.05) is 17.2 Å². The molecular weight excluding hydrogens is 384 g/mol. The third kappa shape index (κ3) is 4.34. The summed E-state index contributed by atoms with van der Waals surface area (Å²) in [6.07, 6.45) is 4.21. The fourth-order valence-corrected chi connectivity index (χ4v) is 3.82.